The van der Waals surface area contributed by atoms with E-state index in [1.807, 2.05) is 0 Å². The number of amides is 1. The molecule has 0 spiro atoms. The number of allylic oxidation sites excluding steroid dienone is 4. The molecule has 0 fully saturated rings. The number of aliphatic hydroxyl groups is 2. The number of hydrogen-bond acceptors (Lipinski definition) is 5. The normalized spacial score (nSPS) is 12.6. The molecule has 0 heterocycles. The van der Waals surface area contributed by atoms with Crippen molar-refractivity contribution < 1.29 is 24.5 Å². The van der Waals surface area contributed by atoms with Gasteiger partial charge in [0, 0.05) is 12.8 Å². The van der Waals surface area contributed by atoms with Gasteiger partial charge < -0.3 is 20.3 Å². The summed E-state index contributed by atoms with van der Waals surface area (Å²) < 4.78 is 5.51. The van der Waals surface area contributed by atoms with E-state index >= 15 is 0 Å². The molecule has 77 heavy (non-hydrogen) atoms. The highest BCUT2D eigenvalue weighted by atomic mass is 16.5. The topological polar surface area (TPSA) is 95.9 Å². The van der Waals surface area contributed by atoms with Gasteiger partial charge in [-0.2, -0.15) is 0 Å². The van der Waals surface area contributed by atoms with Crippen molar-refractivity contribution in [2.75, 3.05) is 13.2 Å². The standard InChI is InChI=1S/C71H137NO5/c1-3-5-7-9-11-13-15-17-19-21-29-33-37-41-45-49-53-57-61-65-71(76)77-66-62-58-54-50-46-42-38-34-31-28-26-24-22-23-25-27-30-32-36-40-44-48-52-56-60-64-70(75)72-68(67-73)69(74)63-59-55-51-47-43-39-35-20-18-16-14-12-10-8-6-4-2/h11,13,17,19,68-69,73-74H,3-10,12,14-16,18,20-67H2,1-2H3,(H,72,75)/b13-11-,19-17-. The maximum Gasteiger partial charge on any atom is 0.305 e. The first-order valence-corrected chi connectivity index (χ1v) is 35.1. The monoisotopic (exact) mass is 1080 g/mol. The number of carbonyl (C=O) groups excluding carboxylic acids is 2. The van der Waals surface area contributed by atoms with Gasteiger partial charge in [0.2, 0.25) is 5.91 Å². The minimum absolute atomic E-state index is 0.0134. The Hall–Kier alpha value is -1.66. The van der Waals surface area contributed by atoms with E-state index in [0.29, 0.717) is 25.9 Å². The second-order valence-corrected chi connectivity index (χ2v) is 24.2. The molecule has 1 amide bonds. The largest absolute Gasteiger partial charge is 0.466 e. The van der Waals surface area contributed by atoms with E-state index in [2.05, 4.69) is 43.5 Å². The molecule has 6 nitrogen and oxygen atoms in total. The van der Waals surface area contributed by atoms with Crippen molar-refractivity contribution in [3.8, 4) is 0 Å². The van der Waals surface area contributed by atoms with Gasteiger partial charge in [-0.05, 0) is 57.8 Å². The molecule has 0 aliphatic heterocycles. The van der Waals surface area contributed by atoms with Gasteiger partial charge in [-0.15, -0.1) is 0 Å². The summed E-state index contributed by atoms with van der Waals surface area (Å²) in [7, 11) is 0. The highest BCUT2D eigenvalue weighted by molar-refractivity contribution is 5.76. The van der Waals surface area contributed by atoms with Crippen molar-refractivity contribution in [2.45, 2.75) is 405 Å². The molecule has 2 atom stereocenters. The fourth-order valence-corrected chi connectivity index (χ4v) is 11.1. The molecule has 0 aliphatic carbocycles. The second kappa shape index (κ2) is 66.8. The number of hydrogen-bond donors (Lipinski definition) is 3. The van der Waals surface area contributed by atoms with E-state index < -0.39 is 12.1 Å². The van der Waals surface area contributed by atoms with Crippen LogP contribution in [0, 0.1) is 0 Å². The van der Waals surface area contributed by atoms with Crippen LogP contribution < -0.4 is 5.32 Å². The highest BCUT2D eigenvalue weighted by Crippen LogP contribution is 2.19. The van der Waals surface area contributed by atoms with Crippen LogP contribution in [0.25, 0.3) is 0 Å². The third-order valence-corrected chi connectivity index (χ3v) is 16.5. The Morgan fingerprint density at radius 3 is 1.01 bits per heavy atom. The average Bonchev–Trinajstić information content (AvgIpc) is 3.43. The molecule has 0 aromatic heterocycles. The molecule has 0 saturated heterocycles. The first kappa shape index (κ1) is 75.3. The van der Waals surface area contributed by atoms with E-state index in [-0.39, 0.29) is 18.5 Å². The highest BCUT2D eigenvalue weighted by Gasteiger charge is 2.20. The number of unbranched alkanes of at least 4 members (excludes halogenated alkanes) is 51. The lowest BCUT2D eigenvalue weighted by molar-refractivity contribution is -0.143. The minimum atomic E-state index is -0.663. The molecule has 3 N–H and O–H groups in total. The van der Waals surface area contributed by atoms with Crippen LogP contribution in [-0.2, 0) is 14.3 Å². The fraction of sp³-hybridized carbons (Fsp3) is 0.915. The molecule has 0 aromatic rings. The molecular weight excluding hydrogens is 947 g/mol. The van der Waals surface area contributed by atoms with Crippen molar-refractivity contribution in [3.63, 3.8) is 0 Å². The lowest BCUT2D eigenvalue weighted by Crippen LogP contribution is -2.45. The van der Waals surface area contributed by atoms with E-state index in [1.54, 1.807) is 0 Å². The van der Waals surface area contributed by atoms with Crippen LogP contribution in [0.5, 0.6) is 0 Å². The Balaban J connectivity index is 3.34. The van der Waals surface area contributed by atoms with Gasteiger partial charge in [0.25, 0.3) is 0 Å². The van der Waals surface area contributed by atoms with Crippen LogP contribution in [0.4, 0.5) is 0 Å². The number of carbonyl (C=O) groups is 2. The number of aliphatic hydroxyl groups excluding tert-OH is 2. The van der Waals surface area contributed by atoms with Crippen molar-refractivity contribution in [1.82, 2.24) is 5.32 Å². The van der Waals surface area contributed by atoms with Crippen molar-refractivity contribution >= 4 is 11.9 Å². The van der Waals surface area contributed by atoms with Crippen LogP contribution in [0.3, 0.4) is 0 Å². The number of rotatable bonds is 66. The fourth-order valence-electron chi connectivity index (χ4n) is 11.1. The van der Waals surface area contributed by atoms with E-state index in [0.717, 1.165) is 51.4 Å². The first-order chi connectivity index (χ1) is 38.0. The third-order valence-electron chi connectivity index (χ3n) is 16.5. The lowest BCUT2D eigenvalue weighted by Gasteiger charge is -2.22. The Kier molecular flexibility index (Phi) is 65.4. The van der Waals surface area contributed by atoms with Gasteiger partial charge in [0.05, 0.1) is 25.4 Å². The minimum Gasteiger partial charge on any atom is -0.466 e. The maximum atomic E-state index is 12.5. The zero-order valence-corrected chi connectivity index (χ0v) is 52.2. The quantitative estimate of drug-likeness (QED) is 0.0320. The Bertz CT molecular complexity index is 1200. The average molecular weight is 1080 g/mol. The zero-order chi connectivity index (χ0) is 55.7. The SMILES string of the molecule is CCCCC/C=C\C/C=C\CCCCCCCCCCCC(=O)OCCCCCCCCCCCCCCCCCCCCCCCCCCCC(=O)NC(CO)C(O)CCCCCCCCCCCCCCCCCC. The summed E-state index contributed by atoms with van der Waals surface area (Å²) in [5.74, 6) is -0.0166. The molecule has 6 heteroatoms. The summed E-state index contributed by atoms with van der Waals surface area (Å²) in [5, 5.41) is 23.4. The van der Waals surface area contributed by atoms with Crippen molar-refractivity contribution in [2.24, 2.45) is 0 Å². The summed E-state index contributed by atoms with van der Waals surface area (Å²) in [6.07, 6.45) is 83.6. The Morgan fingerprint density at radius 1 is 0.364 bits per heavy atom. The van der Waals surface area contributed by atoms with Crippen LogP contribution in [-0.4, -0.2) is 47.4 Å². The molecule has 0 saturated carbocycles. The van der Waals surface area contributed by atoms with Crippen molar-refractivity contribution in [1.29, 1.82) is 0 Å². The second-order valence-electron chi connectivity index (χ2n) is 24.2. The van der Waals surface area contributed by atoms with Crippen molar-refractivity contribution in [3.05, 3.63) is 24.3 Å². The Labute approximate surface area is 481 Å². The van der Waals surface area contributed by atoms with Crippen LogP contribution >= 0.6 is 0 Å². The van der Waals surface area contributed by atoms with Crippen LogP contribution in [0.2, 0.25) is 0 Å². The summed E-state index contributed by atoms with van der Waals surface area (Å²) in [5.41, 5.74) is 0. The van der Waals surface area contributed by atoms with Gasteiger partial charge in [-0.25, -0.2) is 0 Å². The van der Waals surface area contributed by atoms with Crippen LogP contribution in [0.15, 0.2) is 24.3 Å². The molecule has 0 aliphatic rings. The third kappa shape index (κ3) is 63.4. The molecule has 0 aromatic carbocycles. The summed E-state index contributed by atoms with van der Waals surface area (Å²) in [6, 6.07) is -0.540. The summed E-state index contributed by atoms with van der Waals surface area (Å²) in [4.78, 5) is 24.6. The van der Waals surface area contributed by atoms with E-state index in [9.17, 15) is 19.8 Å². The van der Waals surface area contributed by atoms with E-state index in [4.69, 9.17) is 4.74 Å². The first-order valence-electron chi connectivity index (χ1n) is 35.1. The Morgan fingerprint density at radius 2 is 0.649 bits per heavy atom. The van der Waals surface area contributed by atoms with Gasteiger partial charge >= 0.3 is 5.97 Å². The van der Waals surface area contributed by atoms with Gasteiger partial charge in [0.1, 0.15) is 0 Å². The molecule has 0 rings (SSSR count). The molecular formula is C71H137NO5. The summed E-state index contributed by atoms with van der Waals surface area (Å²) in [6.45, 7) is 4.96. The predicted octanol–water partition coefficient (Wildman–Crippen LogP) is 22.5. The maximum absolute atomic E-state index is 12.5. The van der Waals surface area contributed by atoms with Gasteiger partial charge in [-0.3, -0.25) is 9.59 Å². The van der Waals surface area contributed by atoms with Crippen LogP contribution in [0.1, 0.15) is 393 Å². The summed E-state index contributed by atoms with van der Waals surface area (Å²) >= 11 is 0. The molecule has 0 radical (unpaired) electrons. The lowest BCUT2D eigenvalue weighted by atomic mass is 10.0. The zero-order valence-electron chi connectivity index (χ0n) is 52.2. The number of esters is 1. The number of nitrogens with one attached hydrogen (secondary N) is 1. The predicted molar refractivity (Wildman–Crippen MR) is 338 cm³/mol. The van der Waals surface area contributed by atoms with Gasteiger partial charge in [-0.1, -0.05) is 346 Å². The van der Waals surface area contributed by atoms with Gasteiger partial charge in [0.15, 0.2) is 0 Å². The smallest absolute Gasteiger partial charge is 0.305 e. The number of ether oxygens (including phenoxy) is 1. The molecule has 456 valence electrons. The molecule has 2 unspecified atom stereocenters. The molecule has 0 bridgehead atoms. The van der Waals surface area contributed by atoms with E-state index in [1.165, 1.54) is 308 Å².